The number of hydrogen-bond donors (Lipinski definition) is 7. The number of pyridine rings is 2. The van der Waals surface area contributed by atoms with Crippen molar-refractivity contribution < 1.29 is 52.6 Å². The van der Waals surface area contributed by atoms with Crippen LogP contribution in [0.5, 0.6) is 0 Å². The highest BCUT2D eigenvalue weighted by molar-refractivity contribution is 8.13. The number of nitrogens with zero attached hydrogens (tertiary/aromatic N) is 2. The van der Waals surface area contributed by atoms with E-state index in [-0.39, 0.29) is 77.5 Å². The van der Waals surface area contributed by atoms with E-state index in [2.05, 4.69) is 54.5 Å². The third-order valence-corrected chi connectivity index (χ3v) is 11.8. The summed E-state index contributed by atoms with van der Waals surface area (Å²) in [7, 11) is 0. The van der Waals surface area contributed by atoms with Crippen molar-refractivity contribution in [3.8, 4) is 0 Å². The van der Waals surface area contributed by atoms with Gasteiger partial charge in [0.25, 0.3) is 23.6 Å². The zero-order valence-electron chi connectivity index (χ0n) is 41.9. The number of aromatic nitrogens is 2. The first-order valence-electron chi connectivity index (χ1n) is 23.9. The third-order valence-electron chi connectivity index (χ3n) is 10.6. The molecular formula is C51H68N8O11S2. The second kappa shape index (κ2) is 31.7. The molecule has 2 aliphatic heterocycles. The van der Waals surface area contributed by atoms with E-state index < -0.39 is 59.9 Å². The summed E-state index contributed by atoms with van der Waals surface area (Å²) in [5.41, 5.74) is 1.03. The molecule has 6 amide bonds. The number of unbranched alkanes of at least 4 members (excludes halogenated alkanes) is 1. The molecule has 0 unspecified atom stereocenters. The van der Waals surface area contributed by atoms with Gasteiger partial charge in [-0.3, -0.25) is 33.6 Å². The van der Waals surface area contributed by atoms with Crippen LogP contribution < -0.4 is 31.9 Å². The number of hydrogen-bond acceptors (Lipinski definition) is 15. The van der Waals surface area contributed by atoms with Crippen LogP contribution >= 0.6 is 24.4 Å². The maximum atomic E-state index is 13.1. The highest BCUT2D eigenvalue weighted by atomic mass is 32.2. The second-order valence-electron chi connectivity index (χ2n) is 17.1. The number of carbonyl (C=O) groups excluding carboxylic acids is 9. The van der Waals surface area contributed by atoms with E-state index in [1.165, 1.54) is 36.0 Å². The number of allylic oxidation sites excluding steroid dienone is 4. The first-order valence-corrected chi connectivity index (χ1v) is 25.5. The van der Waals surface area contributed by atoms with Crippen LogP contribution in [0.2, 0.25) is 0 Å². The predicted molar refractivity (Wildman–Crippen MR) is 276 cm³/mol. The lowest BCUT2D eigenvalue weighted by Crippen LogP contribution is -2.48. The highest BCUT2D eigenvalue weighted by Crippen LogP contribution is 2.15. The summed E-state index contributed by atoms with van der Waals surface area (Å²) in [5, 5.41) is 15.9. The van der Waals surface area contributed by atoms with Gasteiger partial charge in [-0.05, 0) is 87.1 Å². The Morgan fingerprint density at radius 1 is 0.694 bits per heavy atom. The Morgan fingerprint density at radius 3 is 1.54 bits per heavy atom. The molecule has 0 spiro atoms. The maximum absolute atomic E-state index is 13.1. The summed E-state index contributed by atoms with van der Waals surface area (Å²) < 4.78 is 11.2. The zero-order chi connectivity index (χ0) is 53.2. The average molecular weight is 1030 g/mol. The predicted octanol–water partition coefficient (Wildman–Crippen LogP) is 4.85. The molecule has 390 valence electrons. The number of thioether (sulfide) groups is 1. The number of esters is 2. The van der Waals surface area contributed by atoms with E-state index in [0.29, 0.717) is 42.2 Å². The van der Waals surface area contributed by atoms with Crippen molar-refractivity contribution in [2.24, 2.45) is 11.8 Å². The number of carbonyl (C=O) groups is 9. The van der Waals surface area contributed by atoms with Gasteiger partial charge in [-0.15, -0.1) is 0 Å². The van der Waals surface area contributed by atoms with E-state index in [1.54, 1.807) is 90.1 Å². The number of nitrogens with one attached hydrogen (secondary N) is 6. The first kappa shape index (κ1) is 59.7. The van der Waals surface area contributed by atoms with E-state index >= 15 is 0 Å². The van der Waals surface area contributed by atoms with Crippen LogP contribution in [0.15, 0.2) is 84.2 Å². The first-order chi connectivity index (χ1) is 34.4. The zero-order valence-corrected chi connectivity index (χ0v) is 43.6. The van der Waals surface area contributed by atoms with Crippen LogP contribution in [0.1, 0.15) is 126 Å². The second-order valence-corrected chi connectivity index (χ2v) is 18.7. The normalized spacial score (nSPS) is 21.2. The molecule has 0 aromatic carbocycles. The Bertz CT molecular complexity index is 2370. The fraction of sp³-hybridized carbons (Fsp3) is 0.471. The van der Waals surface area contributed by atoms with E-state index in [9.17, 15) is 43.2 Å². The minimum atomic E-state index is -1.02. The molecule has 2 aliphatic rings. The molecule has 0 saturated carbocycles. The van der Waals surface area contributed by atoms with Crippen LogP contribution in [0.25, 0.3) is 0 Å². The summed E-state index contributed by atoms with van der Waals surface area (Å²) in [5.74, 6) is -4.04. The van der Waals surface area contributed by atoms with Gasteiger partial charge in [-0.2, -0.15) is 12.6 Å². The van der Waals surface area contributed by atoms with Gasteiger partial charge in [0.05, 0.1) is 37.3 Å². The Hall–Kier alpha value is -6.61. The Labute approximate surface area is 430 Å². The Balaban J connectivity index is 0.000000386. The molecule has 4 bridgehead atoms. The van der Waals surface area contributed by atoms with Gasteiger partial charge in [0, 0.05) is 12.2 Å². The molecule has 0 fully saturated rings. The monoisotopic (exact) mass is 1030 g/mol. The quantitative estimate of drug-likeness (QED) is 0.0493. The van der Waals surface area contributed by atoms with Crippen LogP contribution in [0.4, 0.5) is 0 Å². The molecule has 4 atom stereocenters. The smallest absolute Gasteiger partial charge is 0.329 e. The summed E-state index contributed by atoms with van der Waals surface area (Å²) in [6.45, 7) is 12.4. The number of rotatable bonds is 12. The standard InChI is InChI=1S/C28H38N4O6S.C23H30N4O5S/c1-5-7-14-24(34)39-15-9-8-12-20-16-23(33)29-17-19-11-10-13-22(30-19)27(36)31-21(6-2)26(35)32-25(18(3)4)28(37)38-20;1-4-17-21(29)27-20(14(2)3)23(31)32-16(9-5-6-11-33)12-19(28)24-13-15-8-7-10-18(25-15)22(30)26-17/h6,8,10-13,18,20,25H,5,7,9,14-17H2,1-4H3,(H,29,33)(H,31,36)(H,32,35);4-5,7-10,14,16,20,33H,6,11-13H2,1-3H3,(H,24,28)(H,26,30)(H,27,29)/b12-8+,21-6-;9-5+,17-4-/t20-,25+;16-,20+/m11/s1. The topological polar surface area (TPSA) is 270 Å². The number of thiol groups is 1. The van der Waals surface area contributed by atoms with Crippen molar-refractivity contribution in [1.82, 2.24) is 41.9 Å². The Kier molecular flexibility index (Phi) is 26.3. The van der Waals surface area contributed by atoms with Crippen molar-refractivity contribution in [3.63, 3.8) is 0 Å². The largest absolute Gasteiger partial charge is 0.456 e. The lowest BCUT2D eigenvalue weighted by Gasteiger charge is -2.24. The molecular weight excluding hydrogens is 965 g/mol. The molecule has 0 radical (unpaired) electrons. The molecule has 19 nitrogen and oxygen atoms in total. The Morgan fingerprint density at radius 2 is 1.14 bits per heavy atom. The van der Waals surface area contributed by atoms with Crippen LogP contribution in [0.3, 0.4) is 0 Å². The number of amides is 6. The van der Waals surface area contributed by atoms with Gasteiger partial charge >= 0.3 is 11.9 Å². The number of ether oxygens (including phenoxy) is 2. The van der Waals surface area contributed by atoms with Gasteiger partial charge in [0.2, 0.25) is 11.8 Å². The number of cyclic esters (lactones) is 2. The molecule has 0 saturated heterocycles. The van der Waals surface area contributed by atoms with Crippen molar-refractivity contribution in [1.29, 1.82) is 0 Å². The van der Waals surface area contributed by atoms with Crippen LogP contribution in [-0.2, 0) is 56.1 Å². The molecule has 21 heteroatoms. The summed E-state index contributed by atoms with van der Waals surface area (Å²) in [6.07, 6.45) is 11.3. The summed E-state index contributed by atoms with van der Waals surface area (Å²) in [4.78, 5) is 123. The van der Waals surface area contributed by atoms with Crippen molar-refractivity contribution in [2.75, 3.05) is 11.5 Å². The molecule has 6 N–H and O–H groups in total. The van der Waals surface area contributed by atoms with Gasteiger partial charge in [0.15, 0.2) is 5.12 Å². The molecule has 4 heterocycles. The van der Waals surface area contributed by atoms with Crippen molar-refractivity contribution in [2.45, 2.75) is 131 Å². The van der Waals surface area contributed by atoms with Crippen LogP contribution in [0, 0.1) is 11.8 Å². The lowest BCUT2D eigenvalue weighted by molar-refractivity contribution is -0.153. The summed E-state index contributed by atoms with van der Waals surface area (Å²) in [6, 6.07) is 7.60. The third kappa shape index (κ3) is 21.0. The fourth-order valence-corrected chi connectivity index (χ4v) is 7.49. The van der Waals surface area contributed by atoms with Gasteiger partial charge in [-0.25, -0.2) is 19.6 Å². The van der Waals surface area contributed by atoms with Crippen LogP contribution in [-0.4, -0.2) is 98.3 Å². The van der Waals surface area contributed by atoms with Gasteiger partial charge in [-0.1, -0.05) is 89.2 Å². The minimum absolute atomic E-state index is 0.0173. The lowest BCUT2D eigenvalue weighted by atomic mass is 10.0. The van der Waals surface area contributed by atoms with Gasteiger partial charge in [0.1, 0.15) is 47.1 Å². The average Bonchev–Trinajstić information content (AvgIpc) is 3.35. The fourth-order valence-electron chi connectivity index (χ4n) is 6.57. The van der Waals surface area contributed by atoms with E-state index in [4.69, 9.17) is 9.47 Å². The highest BCUT2D eigenvalue weighted by Gasteiger charge is 2.32. The molecule has 0 aliphatic carbocycles. The molecule has 2 aromatic rings. The molecule has 72 heavy (non-hydrogen) atoms. The molecule has 2 aromatic heterocycles. The maximum Gasteiger partial charge on any atom is 0.329 e. The van der Waals surface area contributed by atoms with Crippen molar-refractivity contribution in [3.05, 3.63) is 107 Å². The SMILES string of the molecule is C/C=C1\NC(=O)c2cccc(n2)CNC(=O)C[C@@H](/C=C/CCS)OC(=O)[C@H](C(C)C)NC1=O.C/C=C1\NC(=O)c2cccc(n2)CNC(=O)C[C@@H](/C=C/CCSC(=O)CCCC)OC(=O)[C@H](C(C)C)NC1=O. The van der Waals surface area contributed by atoms with E-state index in [1.807, 2.05) is 6.92 Å². The van der Waals surface area contributed by atoms with E-state index in [0.717, 1.165) is 12.8 Å². The minimum Gasteiger partial charge on any atom is -0.456 e. The molecule has 4 rings (SSSR count). The van der Waals surface area contributed by atoms with Gasteiger partial charge < -0.3 is 41.4 Å². The number of fused-ring (bicyclic) bond motifs is 4. The van der Waals surface area contributed by atoms with Crippen molar-refractivity contribution >= 4 is 76.9 Å². The summed E-state index contributed by atoms with van der Waals surface area (Å²) >= 11 is 5.42.